The highest BCUT2D eigenvalue weighted by molar-refractivity contribution is 6.06. The number of carbonyl (C=O) groups is 2. The highest BCUT2D eigenvalue weighted by atomic mass is 19.1. The van der Waals surface area contributed by atoms with E-state index in [1.165, 1.54) is 16.8 Å². The van der Waals surface area contributed by atoms with E-state index in [2.05, 4.69) is 15.4 Å². The lowest BCUT2D eigenvalue weighted by atomic mass is 10.1. The molecule has 0 spiro atoms. The Labute approximate surface area is 167 Å². The molecule has 152 valence electrons. The number of rotatable bonds is 5. The largest absolute Gasteiger partial charge is 0.459 e. The van der Waals surface area contributed by atoms with Crippen molar-refractivity contribution in [3.8, 4) is 5.69 Å². The van der Waals surface area contributed by atoms with Crippen molar-refractivity contribution in [2.24, 2.45) is 0 Å². The van der Waals surface area contributed by atoms with Crippen molar-refractivity contribution < 1.29 is 18.7 Å². The first-order valence-corrected chi connectivity index (χ1v) is 9.21. The van der Waals surface area contributed by atoms with Crippen molar-refractivity contribution in [3.05, 3.63) is 64.4 Å². The van der Waals surface area contributed by atoms with E-state index in [9.17, 15) is 14.0 Å². The van der Waals surface area contributed by atoms with E-state index in [1.807, 2.05) is 0 Å². The molecule has 2 N–H and O–H groups in total. The van der Waals surface area contributed by atoms with Gasteiger partial charge in [-0.05, 0) is 64.4 Å². The maximum atomic E-state index is 13.2. The molecule has 7 nitrogen and oxygen atoms in total. The Morgan fingerprint density at radius 2 is 1.83 bits per heavy atom. The fraction of sp³-hybridized carbons (Fsp3) is 0.286. The SMILES string of the molecule is Cc1cc(NC(=O)c2[nH]c(C)c(C(=O)OC(C)C)c2C)n(-c2ccc(F)cc2)n1. The molecular formula is C21H23FN4O3. The number of halogens is 1. The average Bonchev–Trinajstić information content (AvgIpc) is 3.14. The van der Waals surface area contributed by atoms with Gasteiger partial charge in [0.2, 0.25) is 0 Å². The fourth-order valence-corrected chi connectivity index (χ4v) is 3.10. The zero-order valence-electron chi connectivity index (χ0n) is 17.0. The summed E-state index contributed by atoms with van der Waals surface area (Å²) < 4.78 is 20.0. The minimum atomic E-state index is -0.475. The van der Waals surface area contributed by atoms with E-state index in [4.69, 9.17) is 4.74 Å². The van der Waals surface area contributed by atoms with E-state index < -0.39 is 11.9 Å². The Balaban J connectivity index is 1.90. The van der Waals surface area contributed by atoms with Gasteiger partial charge in [-0.15, -0.1) is 0 Å². The van der Waals surface area contributed by atoms with Crippen LogP contribution in [0.4, 0.5) is 10.2 Å². The van der Waals surface area contributed by atoms with Gasteiger partial charge in [-0.3, -0.25) is 4.79 Å². The van der Waals surface area contributed by atoms with E-state index in [0.717, 1.165) is 0 Å². The van der Waals surface area contributed by atoms with Crippen molar-refractivity contribution in [2.75, 3.05) is 5.32 Å². The van der Waals surface area contributed by atoms with Crippen LogP contribution >= 0.6 is 0 Å². The molecule has 0 bridgehead atoms. The summed E-state index contributed by atoms with van der Waals surface area (Å²) in [4.78, 5) is 28.2. The van der Waals surface area contributed by atoms with Gasteiger partial charge in [-0.2, -0.15) is 5.10 Å². The highest BCUT2D eigenvalue weighted by Gasteiger charge is 2.24. The first kappa shape index (κ1) is 20.3. The van der Waals surface area contributed by atoms with Crippen molar-refractivity contribution in [1.82, 2.24) is 14.8 Å². The summed E-state index contributed by atoms with van der Waals surface area (Å²) in [5.41, 5.74) is 2.98. The number of ether oxygens (including phenoxy) is 1. The second-order valence-corrected chi connectivity index (χ2v) is 7.09. The standard InChI is InChI=1S/C21H23FN4O3/c1-11(2)29-21(28)18-13(4)19(23-14(18)5)20(27)24-17-10-12(3)25-26(17)16-8-6-15(22)7-9-16/h6-11,23H,1-5H3,(H,24,27). The number of carbonyl (C=O) groups excluding carboxylic acids is 2. The molecule has 0 aliphatic rings. The van der Waals surface area contributed by atoms with Gasteiger partial charge >= 0.3 is 5.97 Å². The third-order valence-corrected chi connectivity index (χ3v) is 4.36. The summed E-state index contributed by atoms with van der Waals surface area (Å²) in [5.74, 6) is -0.825. The summed E-state index contributed by atoms with van der Waals surface area (Å²) in [6, 6.07) is 7.50. The molecule has 2 heterocycles. The van der Waals surface area contributed by atoms with Gasteiger partial charge in [0.1, 0.15) is 17.3 Å². The third kappa shape index (κ3) is 4.21. The van der Waals surface area contributed by atoms with E-state index >= 15 is 0 Å². The zero-order valence-corrected chi connectivity index (χ0v) is 17.0. The zero-order chi connectivity index (χ0) is 21.3. The Hall–Kier alpha value is -3.42. The van der Waals surface area contributed by atoms with Crippen molar-refractivity contribution in [3.63, 3.8) is 0 Å². The van der Waals surface area contributed by atoms with Crippen LogP contribution in [-0.4, -0.2) is 32.7 Å². The Bertz CT molecular complexity index is 1060. The number of H-pyrrole nitrogens is 1. The molecule has 2 aromatic heterocycles. The minimum Gasteiger partial charge on any atom is -0.459 e. The average molecular weight is 398 g/mol. The maximum Gasteiger partial charge on any atom is 0.340 e. The number of aryl methyl sites for hydroxylation is 2. The number of anilines is 1. The topological polar surface area (TPSA) is 89.0 Å². The van der Waals surface area contributed by atoms with Gasteiger partial charge in [0.25, 0.3) is 5.91 Å². The number of amides is 1. The molecule has 0 fully saturated rings. The summed E-state index contributed by atoms with van der Waals surface area (Å²) >= 11 is 0. The van der Waals surface area contributed by atoms with Crippen LogP contribution in [-0.2, 0) is 4.74 Å². The lowest BCUT2D eigenvalue weighted by Gasteiger charge is -2.09. The second kappa shape index (κ2) is 7.90. The van der Waals surface area contributed by atoms with Gasteiger partial charge in [0.15, 0.2) is 0 Å². The van der Waals surface area contributed by atoms with Crippen molar-refractivity contribution in [2.45, 2.75) is 40.7 Å². The normalized spacial score (nSPS) is 11.0. The number of hydrogen-bond donors (Lipinski definition) is 2. The molecule has 29 heavy (non-hydrogen) atoms. The van der Waals surface area contributed by atoms with E-state index in [-0.39, 0.29) is 17.6 Å². The summed E-state index contributed by atoms with van der Waals surface area (Å²) in [6.07, 6.45) is -0.262. The van der Waals surface area contributed by atoms with E-state index in [1.54, 1.807) is 52.8 Å². The molecule has 0 atom stereocenters. The lowest BCUT2D eigenvalue weighted by Crippen LogP contribution is -2.17. The molecule has 0 radical (unpaired) electrons. The second-order valence-electron chi connectivity index (χ2n) is 7.09. The van der Waals surface area contributed by atoms with Gasteiger partial charge < -0.3 is 15.0 Å². The van der Waals surface area contributed by atoms with Crippen LogP contribution in [0, 0.1) is 26.6 Å². The molecule has 0 aliphatic heterocycles. The quantitative estimate of drug-likeness (QED) is 0.634. The number of nitrogens with zero attached hydrogens (tertiary/aromatic N) is 2. The molecule has 0 saturated carbocycles. The fourth-order valence-electron chi connectivity index (χ4n) is 3.10. The van der Waals surface area contributed by atoms with Crippen molar-refractivity contribution >= 4 is 17.7 Å². The van der Waals surface area contributed by atoms with Crippen LogP contribution in [0.5, 0.6) is 0 Å². The number of esters is 1. The van der Waals surface area contributed by atoms with E-state index in [0.29, 0.717) is 34.0 Å². The molecule has 8 heteroatoms. The van der Waals surface area contributed by atoms with Gasteiger partial charge in [0.05, 0.1) is 23.0 Å². The van der Waals surface area contributed by atoms with Crippen LogP contribution in [0.3, 0.4) is 0 Å². The van der Waals surface area contributed by atoms with Crippen molar-refractivity contribution in [1.29, 1.82) is 0 Å². The molecule has 3 aromatic rings. The minimum absolute atomic E-state index is 0.262. The number of aromatic amines is 1. The Morgan fingerprint density at radius 1 is 1.17 bits per heavy atom. The number of nitrogens with one attached hydrogen (secondary N) is 2. The molecule has 1 amide bonds. The first-order valence-electron chi connectivity index (χ1n) is 9.21. The molecule has 0 aliphatic carbocycles. The summed E-state index contributed by atoms with van der Waals surface area (Å²) in [7, 11) is 0. The monoisotopic (exact) mass is 398 g/mol. The third-order valence-electron chi connectivity index (χ3n) is 4.36. The number of hydrogen-bond acceptors (Lipinski definition) is 4. The Morgan fingerprint density at radius 3 is 2.45 bits per heavy atom. The number of benzene rings is 1. The lowest BCUT2D eigenvalue weighted by molar-refractivity contribution is 0.0376. The summed E-state index contributed by atoms with van der Waals surface area (Å²) in [6.45, 7) is 8.73. The van der Waals surface area contributed by atoms with Crippen LogP contribution < -0.4 is 5.32 Å². The van der Waals surface area contributed by atoms with Crippen LogP contribution in [0.25, 0.3) is 5.69 Å². The molecule has 1 aromatic carbocycles. The van der Waals surface area contributed by atoms with Gasteiger partial charge in [0, 0.05) is 11.8 Å². The van der Waals surface area contributed by atoms with Gasteiger partial charge in [-0.25, -0.2) is 13.9 Å². The van der Waals surface area contributed by atoms with Crippen LogP contribution in [0.15, 0.2) is 30.3 Å². The van der Waals surface area contributed by atoms with Gasteiger partial charge in [-0.1, -0.05) is 0 Å². The highest BCUT2D eigenvalue weighted by Crippen LogP contribution is 2.22. The Kier molecular flexibility index (Phi) is 5.54. The predicted octanol–water partition coefficient (Wildman–Crippen LogP) is 4.08. The molecule has 0 saturated heterocycles. The van der Waals surface area contributed by atoms with Crippen LogP contribution in [0.2, 0.25) is 0 Å². The maximum absolute atomic E-state index is 13.2. The molecular weight excluding hydrogens is 375 g/mol. The predicted molar refractivity (Wildman–Crippen MR) is 107 cm³/mol. The first-order chi connectivity index (χ1) is 13.7. The number of aromatic nitrogens is 3. The molecule has 3 rings (SSSR count). The van der Waals surface area contributed by atoms with Crippen LogP contribution in [0.1, 0.15) is 51.6 Å². The summed E-state index contributed by atoms with van der Waals surface area (Å²) in [5, 5.41) is 7.16. The smallest absolute Gasteiger partial charge is 0.340 e. The molecule has 0 unspecified atom stereocenters.